The van der Waals surface area contributed by atoms with Crippen LogP contribution in [0.2, 0.25) is 0 Å². The number of benzene rings is 1. The van der Waals surface area contributed by atoms with Crippen molar-refractivity contribution in [2.24, 2.45) is 17.6 Å². The zero-order valence-corrected chi connectivity index (χ0v) is 19.8. The molecule has 0 saturated heterocycles. The summed E-state index contributed by atoms with van der Waals surface area (Å²) in [6.07, 6.45) is 7.96. The Morgan fingerprint density at radius 1 is 1.20 bits per heavy atom. The predicted molar refractivity (Wildman–Crippen MR) is 130 cm³/mol. The van der Waals surface area contributed by atoms with E-state index in [0.29, 0.717) is 36.1 Å². The Balaban J connectivity index is 1.30. The van der Waals surface area contributed by atoms with Gasteiger partial charge in [-0.25, -0.2) is 4.98 Å². The van der Waals surface area contributed by atoms with Crippen LogP contribution in [0.25, 0.3) is 28.0 Å². The van der Waals surface area contributed by atoms with E-state index in [-0.39, 0.29) is 11.8 Å². The molecule has 35 heavy (non-hydrogen) atoms. The van der Waals surface area contributed by atoms with Gasteiger partial charge in [0, 0.05) is 24.2 Å². The fourth-order valence-electron chi connectivity index (χ4n) is 4.53. The molecule has 1 aromatic carbocycles. The average molecular weight is 476 g/mol. The van der Waals surface area contributed by atoms with E-state index >= 15 is 0 Å². The number of aromatic nitrogens is 7. The Morgan fingerprint density at radius 2 is 2.00 bits per heavy atom. The van der Waals surface area contributed by atoms with Gasteiger partial charge in [-0.2, -0.15) is 14.8 Å². The summed E-state index contributed by atoms with van der Waals surface area (Å²) in [6, 6.07) is 7.89. The van der Waals surface area contributed by atoms with Crippen molar-refractivity contribution in [3.05, 3.63) is 42.9 Å². The quantitative estimate of drug-likeness (QED) is 0.351. The average Bonchev–Trinajstić information content (AvgIpc) is 3.56. The van der Waals surface area contributed by atoms with E-state index in [4.69, 9.17) is 5.73 Å². The van der Waals surface area contributed by atoms with Gasteiger partial charge >= 0.3 is 0 Å². The van der Waals surface area contributed by atoms with Crippen LogP contribution in [-0.2, 0) is 11.3 Å². The largest absolute Gasteiger partial charge is 0.389 e. The molecule has 182 valence electrons. The summed E-state index contributed by atoms with van der Waals surface area (Å²) in [7, 11) is 0. The SMILES string of the molecule is CC(C)(O)Cn1cc(-c2ccc(-n3nnc4cnc(NCC5CC[C@@H](C(N)=O)C5)nc43)cc2)cn1. The molecule has 1 saturated carbocycles. The van der Waals surface area contributed by atoms with Crippen molar-refractivity contribution >= 4 is 23.0 Å². The lowest BCUT2D eigenvalue weighted by Gasteiger charge is -2.16. The molecule has 1 aliphatic rings. The predicted octanol–water partition coefficient (Wildman–Crippen LogP) is 2.16. The molecule has 4 aromatic rings. The second kappa shape index (κ2) is 9.06. The summed E-state index contributed by atoms with van der Waals surface area (Å²) in [5.74, 6) is 0.623. The first-order valence-corrected chi connectivity index (χ1v) is 11.7. The van der Waals surface area contributed by atoms with Crippen molar-refractivity contribution in [1.29, 1.82) is 0 Å². The molecule has 1 amide bonds. The number of primary amides is 1. The molecule has 3 heterocycles. The second-order valence-corrected chi connectivity index (χ2v) is 9.85. The molecule has 5 rings (SSSR count). The number of nitrogens with two attached hydrogens (primary N) is 1. The van der Waals surface area contributed by atoms with Crippen LogP contribution in [0, 0.1) is 11.8 Å². The summed E-state index contributed by atoms with van der Waals surface area (Å²) in [5, 5.41) is 26.1. The van der Waals surface area contributed by atoms with E-state index in [0.717, 1.165) is 36.1 Å². The molecule has 4 N–H and O–H groups in total. The molecule has 1 unspecified atom stereocenters. The Morgan fingerprint density at radius 3 is 2.71 bits per heavy atom. The summed E-state index contributed by atoms with van der Waals surface area (Å²) in [6.45, 7) is 4.61. The number of carbonyl (C=O) groups excluding carboxylic acids is 1. The lowest BCUT2D eigenvalue weighted by molar-refractivity contribution is -0.121. The maximum absolute atomic E-state index is 11.4. The first kappa shape index (κ1) is 22.9. The molecule has 0 radical (unpaired) electrons. The minimum Gasteiger partial charge on any atom is -0.389 e. The molecule has 1 aliphatic carbocycles. The summed E-state index contributed by atoms with van der Waals surface area (Å²) in [4.78, 5) is 20.4. The van der Waals surface area contributed by atoms with Gasteiger partial charge in [0.05, 0.1) is 30.2 Å². The molecule has 0 aliphatic heterocycles. The molecule has 3 aromatic heterocycles. The highest BCUT2D eigenvalue weighted by Crippen LogP contribution is 2.30. The van der Waals surface area contributed by atoms with Crippen LogP contribution in [0.5, 0.6) is 0 Å². The molecule has 0 spiro atoms. The number of amides is 1. The molecule has 11 nitrogen and oxygen atoms in total. The Bertz CT molecular complexity index is 1340. The van der Waals surface area contributed by atoms with Gasteiger partial charge in [-0.1, -0.05) is 17.3 Å². The number of nitrogens with zero attached hydrogens (tertiary/aromatic N) is 7. The summed E-state index contributed by atoms with van der Waals surface area (Å²) < 4.78 is 3.42. The first-order chi connectivity index (χ1) is 16.7. The molecular formula is C24H29N9O2. The van der Waals surface area contributed by atoms with Crippen LogP contribution < -0.4 is 11.1 Å². The third kappa shape index (κ3) is 5.14. The van der Waals surface area contributed by atoms with Crippen molar-refractivity contribution < 1.29 is 9.90 Å². The van der Waals surface area contributed by atoms with E-state index in [2.05, 4.69) is 30.7 Å². The van der Waals surface area contributed by atoms with Crippen LogP contribution in [0.1, 0.15) is 33.1 Å². The zero-order valence-electron chi connectivity index (χ0n) is 19.8. The third-order valence-corrected chi connectivity index (χ3v) is 6.31. The summed E-state index contributed by atoms with van der Waals surface area (Å²) >= 11 is 0. The minimum atomic E-state index is -0.833. The van der Waals surface area contributed by atoms with Gasteiger partial charge in [-0.15, -0.1) is 5.10 Å². The van der Waals surface area contributed by atoms with Gasteiger partial charge in [0.2, 0.25) is 11.9 Å². The van der Waals surface area contributed by atoms with Crippen LogP contribution >= 0.6 is 0 Å². The molecule has 1 fully saturated rings. The van der Waals surface area contributed by atoms with Crippen molar-refractivity contribution in [2.45, 2.75) is 45.3 Å². The third-order valence-electron chi connectivity index (χ3n) is 6.31. The topological polar surface area (TPSA) is 150 Å². The van der Waals surface area contributed by atoms with Gasteiger partial charge < -0.3 is 16.2 Å². The standard InChI is InChI=1S/C24H29N9O2/c1-24(2,35)14-32-13-18(11-28-32)16-5-7-19(8-6-16)33-22-20(30-31-33)12-27-23(29-22)26-10-15-3-4-17(9-15)21(25)34/h5-8,11-13,15,17,35H,3-4,9-10,14H2,1-2H3,(H2,25,34)(H,26,27,29)/t15?,17-/m1/s1. The lowest BCUT2D eigenvalue weighted by atomic mass is 10.0. The number of carbonyl (C=O) groups is 1. The van der Waals surface area contributed by atoms with E-state index in [1.54, 1.807) is 35.6 Å². The van der Waals surface area contributed by atoms with E-state index in [9.17, 15) is 9.90 Å². The van der Waals surface area contributed by atoms with Crippen LogP contribution in [0.15, 0.2) is 42.9 Å². The number of rotatable bonds is 8. The monoisotopic (exact) mass is 475 g/mol. The molecule has 2 atom stereocenters. The highest BCUT2D eigenvalue weighted by molar-refractivity contribution is 5.77. The van der Waals surface area contributed by atoms with Crippen LogP contribution in [-0.4, -0.2) is 57.9 Å². The number of aliphatic hydroxyl groups is 1. The Hall–Kier alpha value is -3.86. The molecule has 0 bridgehead atoms. The number of hydrogen-bond acceptors (Lipinski definition) is 8. The number of anilines is 1. The van der Waals surface area contributed by atoms with Crippen LogP contribution in [0.4, 0.5) is 5.95 Å². The zero-order chi connectivity index (χ0) is 24.6. The minimum absolute atomic E-state index is 0.0327. The van der Waals surface area contributed by atoms with Crippen molar-refractivity contribution in [3.8, 4) is 16.8 Å². The van der Waals surface area contributed by atoms with Gasteiger partial charge in [0.1, 0.15) is 0 Å². The molecular weight excluding hydrogens is 446 g/mol. The second-order valence-electron chi connectivity index (χ2n) is 9.85. The number of hydrogen-bond donors (Lipinski definition) is 3. The summed E-state index contributed by atoms with van der Waals surface area (Å²) in [5.41, 5.74) is 8.60. The smallest absolute Gasteiger partial charge is 0.224 e. The van der Waals surface area contributed by atoms with Gasteiger partial charge in [-0.3, -0.25) is 9.48 Å². The first-order valence-electron chi connectivity index (χ1n) is 11.7. The fraction of sp³-hybridized carbons (Fsp3) is 0.417. The highest BCUT2D eigenvalue weighted by Gasteiger charge is 2.28. The number of fused-ring (bicyclic) bond motifs is 1. The van der Waals surface area contributed by atoms with Crippen molar-refractivity contribution in [2.75, 3.05) is 11.9 Å². The van der Waals surface area contributed by atoms with Gasteiger partial charge in [-0.05, 0) is 56.7 Å². The van der Waals surface area contributed by atoms with E-state index < -0.39 is 5.60 Å². The highest BCUT2D eigenvalue weighted by atomic mass is 16.3. The van der Waals surface area contributed by atoms with E-state index in [1.807, 2.05) is 30.5 Å². The Kier molecular flexibility index (Phi) is 5.93. The van der Waals surface area contributed by atoms with Crippen molar-refractivity contribution in [3.63, 3.8) is 0 Å². The number of nitrogens with one attached hydrogen (secondary N) is 1. The van der Waals surface area contributed by atoms with Gasteiger partial charge in [0.25, 0.3) is 0 Å². The van der Waals surface area contributed by atoms with Crippen LogP contribution in [0.3, 0.4) is 0 Å². The maximum atomic E-state index is 11.4. The van der Waals surface area contributed by atoms with Gasteiger partial charge in [0.15, 0.2) is 11.2 Å². The molecule has 11 heteroatoms. The van der Waals surface area contributed by atoms with Crippen molar-refractivity contribution in [1.82, 2.24) is 34.7 Å². The Labute approximate surface area is 202 Å². The fourth-order valence-corrected chi connectivity index (χ4v) is 4.53. The lowest BCUT2D eigenvalue weighted by Crippen LogP contribution is -2.26. The maximum Gasteiger partial charge on any atom is 0.224 e. The normalized spacial score (nSPS) is 18.3. The van der Waals surface area contributed by atoms with E-state index in [1.165, 1.54) is 0 Å².